The molecule has 2 atom stereocenters. The zero-order valence-electron chi connectivity index (χ0n) is 15.8. The van der Waals surface area contributed by atoms with Gasteiger partial charge in [0.25, 0.3) is 0 Å². The average molecular weight is 415 g/mol. The second kappa shape index (κ2) is 16.3. The maximum Gasteiger partial charge on any atom is 0 e. The summed E-state index contributed by atoms with van der Waals surface area (Å²) in [6.07, 6.45) is 0.806. The van der Waals surface area contributed by atoms with Crippen molar-refractivity contribution in [2.24, 2.45) is 0 Å². The molecule has 1 saturated heterocycles. The normalized spacial score (nSPS) is 18.4. The molecule has 1 fully saturated rings. The maximum atomic E-state index is 7.50. The first-order chi connectivity index (χ1) is 11.9. The number of hydrogen-bond donors (Lipinski definition) is 0. The molecule has 0 bridgehead atoms. The van der Waals surface area contributed by atoms with Gasteiger partial charge < -0.3 is 4.74 Å². The molecule has 6 nitrogen and oxygen atoms in total. The third kappa shape index (κ3) is 9.14. The largest absolute Gasteiger partial charge is 0 e. The van der Waals surface area contributed by atoms with Gasteiger partial charge in [0.1, 0.15) is 0 Å². The van der Waals surface area contributed by atoms with Gasteiger partial charge in [-0.25, -0.2) is 0 Å². The van der Waals surface area contributed by atoms with E-state index >= 15 is 0 Å². The van der Waals surface area contributed by atoms with Gasteiger partial charge in [0.15, 0.2) is 6.29 Å². The minimum absolute atomic E-state index is 0. The molecule has 0 aliphatic carbocycles. The SMILES string of the molecule is CCO[C@@H]1C[C@@H](c2ccccc2[Si](C)(C)C)N(C)O1.[C-]#[O+].[C-]#[O+].[C-]#[O+].[Cr]. The average Bonchev–Trinajstić information content (AvgIpc) is 3.00. The van der Waals surface area contributed by atoms with Crippen molar-refractivity contribution >= 4 is 13.3 Å². The molecule has 1 aromatic rings. The Labute approximate surface area is 168 Å². The number of hydroxylamine groups is 2. The molecule has 0 N–H and O–H groups in total. The molecule has 142 valence electrons. The summed E-state index contributed by atoms with van der Waals surface area (Å²) in [7, 11) is 0.666. The number of ether oxygens (including phenoxy) is 1. The minimum atomic E-state index is -1.34. The molecule has 0 amide bonds. The van der Waals surface area contributed by atoms with Crippen LogP contribution in [0.15, 0.2) is 24.3 Å². The number of nitrogens with zero attached hydrogens (tertiary/aromatic N) is 1. The molecule has 1 heterocycles. The fourth-order valence-electron chi connectivity index (χ4n) is 2.71. The van der Waals surface area contributed by atoms with Crippen LogP contribution >= 0.6 is 0 Å². The topological polar surface area (TPSA) is 81.4 Å². The van der Waals surface area contributed by atoms with E-state index in [1.807, 2.05) is 19.0 Å². The van der Waals surface area contributed by atoms with Crippen LogP contribution in [-0.2, 0) is 40.9 Å². The molecule has 26 heavy (non-hydrogen) atoms. The van der Waals surface area contributed by atoms with E-state index in [1.54, 1.807) is 0 Å². The first-order valence-electron chi connectivity index (χ1n) is 7.65. The van der Waals surface area contributed by atoms with Crippen LogP contribution in [0.1, 0.15) is 24.9 Å². The van der Waals surface area contributed by atoms with Crippen molar-refractivity contribution < 1.29 is 40.9 Å². The van der Waals surface area contributed by atoms with Gasteiger partial charge in [0.2, 0.25) is 0 Å². The van der Waals surface area contributed by atoms with Gasteiger partial charge in [-0.1, -0.05) is 49.1 Å². The molecule has 0 radical (unpaired) electrons. The van der Waals surface area contributed by atoms with Crippen molar-refractivity contribution in [1.82, 2.24) is 5.06 Å². The third-order valence-corrected chi connectivity index (χ3v) is 5.69. The summed E-state index contributed by atoms with van der Waals surface area (Å²) in [6, 6.07) is 9.10. The Hall–Kier alpha value is -0.931. The van der Waals surface area contributed by atoms with Gasteiger partial charge in [-0.05, 0) is 12.5 Å². The van der Waals surface area contributed by atoms with Gasteiger partial charge in [-0.3, -0.25) is 4.84 Å². The Balaban J connectivity index is -0.000000686. The first kappa shape index (κ1) is 29.8. The molecule has 1 aromatic carbocycles. The third-order valence-electron chi connectivity index (χ3n) is 3.62. The van der Waals surface area contributed by atoms with E-state index in [0.29, 0.717) is 12.6 Å². The molecule has 1 aliphatic rings. The number of benzene rings is 1. The zero-order chi connectivity index (χ0) is 20.0. The van der Waals surface area contributed by atoms with Crippen molar-refractivity contribution in [3.05, 3.63) is 49.8 Å². The molecule has 1 aliphatic heterocycles. The standard InChI is InChI=1S/C15H25NO2Si.3CO.Cr/c1-6-17-15-11-13(16(2)18-15)12-9-7-8-10-14(12)19(3,4)5;3*1-2;/h7-10,13,15H,6,11H2,1-5H3;;;;/t13-,15-;;;;/m0..../s1. The fraction of sp³-hybridized carbons (Fsp3) is 0.500. The van der Waals surface area contributed by atoms with E-state index in [2.05, 4.69) is 63.9 Å². The van der Waals surface area contributed by atoms with E-state index in [-0.39, 0.29) is 23.7 Å². The van der Waals surface area contributed by atoms with Crippen LogP contribution in [0.3, 0.4) is 0 Å². The van der Waals surface area contributed by atoms with Gasteiger partial charge in [0.05, 0.1) is 14.1 Å². The molecular formula is C18H25CrNO5Si. The van der Waals surface area contributed by atoms with E-state index in [9.17, 15) is 0 Å². The molecular weight excluding hydrogens is 390 g/mol. The van der Waals surface area contributed by atoms with Gasteiger partial charge in [-0.2, -0.15) is 5.06 Å². The summed E-state index contributed by atoms with van der Waals surface area (Å²) >= 11 is 0. The second-order valence-electron chi connectivity index (χ2n) is 6.13. The summed E-state index contributed by atoms with van der Waals surface area (Å²) in [5, 5.41) is 3.48. The Morgan fingerprint density at radius 2 is 1.62 bits per heavy atom. The van der Waals surface area contributed by atoms with Gasteiger partial charge >= 0.3 is 33.9 Å². The Morgan fingerprint density at radius 1 is 1.12 bits per heavy atom. The van der Waals surface area contributed by atoms with Gasteiger partial charge in [0, 0.05) is 37.4 Å². The van der Waals surface area contributed by atoms with Crippen molar-refractivity contribution in [3.63, 3.8) is 0 Å². The van der Waals surface area contributed by atoms with Crippen LogP contribution in [0.5, 0.6) is 0 Å². The summed E-state index contributed by atoms with van der Waals surface area (Å²) < 4.78 is 28.1. The van der Waals surface area contributed by atoms with Crippen LogP contribution in [0, 0.1) is 20.0 Å². The Morgan fingerprint density at radius 3 is 2.08 bits per heavy atom. The summed E-state index contributed by atoms with van der Waals surface area (Å²) in [6.45, 7) is 23.4. The predicted molar refractivity (Wildman–Crippen MR) is 92.8 cm³/mol. The van der Waals surface area contributed by atoms with Crippen LogP contribution < -0.4 is 5.19 Å². The van der Waals surface area contributed by atoms with Crippen molar-refractivity contribution in [1.29, 1.82) is 0 Å². The summed E-state index contributed by atoms with van der Waals surface area (Å²) in [5.74, 6) is 0. The minimum Gasteiger partial charge on any atom is 0 e. The van der Waals surface area contributed by atoms with E-state index < -0.39 is 8.07 Å². The van der Waals surface area contributed by atoms with Crippen LogP contribution in [0.4, 0.5) is 0 Å². The first-order valence-corrected chi connectivity index (χ1v) is 11.2. The quantitative estimate of drug-likeness (QED) is 0.431. The van der Waals surface area contributed by atoms with E-state index in [1.165, 1.54) is 10.8 Å². The molecule has 2 rings (SSSR count). The number of rotatable bonds is 4. The zero-order valence-corrected chi connectivity index (χ0v) is 18.1. The Bertz CT molecular complexity index is 542. The number of hydrogen-bond acceptors (Lipinski definition) is 3. The smallest absolute Gasteiger partial charge is 0 e. The molecule has 0 saturated carbocycles. The van der Waals surface area contributed by atoms with Crippen LogP contribution in [0.2, 0.25) is 19.6 Å². The maximum absolute atomic E-state index is 7.50. The summed E-state index contributed by atoms with van der Waals surface area (Å²) in [5.41, 5.74) is 1.41. The van der Waals surface area contributed by atoms with Crippen LogP contribution in [-0.4, -0.2) is 33.1 Å². The van der Waals surface area contributed by atoms with Crippen molar-refractivity contribution in [3.8, 4) is 0 Å². The second-order valence-corrected chi connectivity index (χ2v) is 11.2. The molecule has 8 heteroatoms. The van der Waals surface area contributed by atoms with Gasteiger partial charge in [-0.15, -0.1) is 0 Å². The van der Waals surface area contributed by atoms with Crippen molar-refractivity contribution in [2.45, 2.75) is 45.3 Å². The van der Waals surface area contributed by atoms with Crippen molar-refractivity contribution in [2.75, 3.05) is 13.7 Å². The fourth-order valence-corrected chi connectivity index (χ4v) is 4.42. The van der Waals surface area contributed by atoms with Crippen LogP contribution in [0.25, 0.3) is 0 Å². The molecule has 0 unspecified atom stereocenters. The summed E-state index contributed by atoms with van der Waals surface area (Å²) in [4.78, 5) is 5.76. The monoisotopic (exact) mass is 415 g/mol. The van der Waals surface area contributed by atoms with E-state index in [0.717, 1.165) is 6.42 Å². The van der Waals surface area contributed by atoms with E-state index in [4.69, 9.17) is 23.5 Å². The predicted octanol–water partition coefficient (Wildman–Crippen LogP) is 2.79. The molecule has 0 aromatic heterocycles. The Kier molecular flexibility index (Phi) is 18.6. The molecule has 0 spiro atoms.